The fourth-order valence-corrected chi connectivity index (χ4v) is 2.29. The van der Waals surface area contributed by atoms with Gasteiger partial charge < -0.3 is 9.79 Å². The molecule has 1 rings (SSSR count). The molecule has 0 fully saturated rings. The van der Waals surface area contributed by atoms with E-state index in [1.165, 1.54) is 6.07 Å². The van der Waals surface area contributed by atoms with Crippen molar-refractivity contribution in [2.45, 2.75) is 4.90 Å². The number of hydrogen-bond donors (Lipinski definition) is 2. The van der Waals surface area contributed by atoms with E-state index < -0.39 is 16.6 Å². The molecule has 2 N–H and O–H groups in total. The van der Waals surface area contributed by atoms with Crippen molar-refractivity contribution >= 4 is 32.6 Å². The molecule has 0 aliphatic heterocycles. The molecule has 0 unspecified atom stereocenters. The van der Waals surface area contributed by atoms with Crippen LogP contribution in [0.5, 0.6) is 0 Å². The minimum atomic E-state index is -4.44. The molecular formula is C6H6ClO5PS. The first kappa shape index (κ1) is 11.7. The molecular weight excluding hydrogens is 251 g/mol. The molecule has 0 atom stereocenters. The highest BCUT2D eigenvalue weighted by Crippen LogP contribution is 2.33. The standard InChI is InChI=1S/C6H6ClO5PS/c7-14(11,12)6-3-1-2-5(4-6)13(8,9)10/h1-4H,(H2,8,9,10). The molecule has 0 amide bonds. The van der Waals surface area contributed by atoms with Crippen molar-refractivity contribution in [2.24, 2.45) is 0 Å². The van der Waals surface area contributed by atoms with Gasteiger partial charge in [0.05, 0.1) is 10.2 Å². The van der Waals surface area contributed by atoms with Crippen LogP contribution in [-0.4, -0.2) is 18.2 Å². The Morgan fingerprint density at radius 3 is 2.29 bits per heavy atom. The average Bonchev–Trinajstić information content (AvgIpc) is 2.01. The van der Waals surface area contributed by atoms with E-state index in [1.807, 2.05) is 0 Å². The fraction of sp³-hybridized carbons (Fsp3) is 0. The highest BCUT2D eigenvalue weighted by molar-refractivity contribution is 8.13. The van der Waals surface area contributed by atoms with Gasteiger partial charge in [0.25, 0.3) is 9.05 Å². The summed E-state index contributed by atoms with van der Waals surface area (Å²) in [5.74, 6) is 0. The summed E-state index contributed by atoms with van der Waals surface area (Å²) in [4.78, 5) is 17.2. The second-order valence-electron chi connectivity index (χ2n) is 2.48. The average molecular weight is 257 g/mol. The summed E-state index contributed by atoms with van der Waals surface area (Å²) in [6, 6.07) is 4.35. The monoisotopic (exact) mass is 256 g/mol. The lowest BCUT2D eigenvalue weighted by Crippen LogP contribution is -2.05. The van der Waals surface area contributed by atoms with Crippen LogP contribution in [0.2, 0.25) is 0 Å². The summed E-state index contributed by atoms with van der Waals surface area (Å²) >= 11 is 0. The van der Waals surface area contributed by atoms with Crippen LogP contribution in [0.25, 0.3) is 0 Å². The van der Waals surface area contributed by atoms with E-state index in [2.05, 4.69) is 0 Å². The van der Waals surface area contributed by atoms with Gasteiger partial charge in [0.15, 0.2) is 0 Å². The Labute approximate surface area is 84.9 Å². The third kappa shape index (κ3) is 2.80. The van der Waals surface area contributed by atoms with Crippen molar-refractivity contribution in [3.63, 3.8) is 0 Å². The van der Waals surface area contributed by atoms with Crippen LogP contribution in [0.15, 0.2) is 29.2 Å². The van der Waals surface area contributed by atoms with E-state index in [-0.39, 0.29) is 10.2 Å². The van der Waals surface area contributed by atoms with Crippen LogP contribution in [0.4, 0.5) is 0 Å². The van der Waals surface area contributed by atoms with Gasteiger partial charge in [-0.3, -0.25) is 4.57 Å². The minimum Gasteiger partial charge on any atom is -0.321 e. The number of halogens is 1. The Kier molecular flexibility index (Phi) is 3.04. The van der Waals surface area contributed by atoms with E-state index >= 15 is 0 Å². The first-order chi connectivity index (χ1) is 6.21. The maximum Gasteiger partial charge on any atom is 0.356 e. The molecule has 0 heterocycles. The lowest BCUT2D eigenvalue weighted by atomic mass is 10.4. The Hall–Kier alpha value is -0.390. The topological polar surface area (TPSA) is 91.7 Å². The van der Waals surface area contributed by atoms with Gasteiger partial charge in [0, 0.05) is 10.7 Å². The van der Waals surface area contributed by atoms with E-state index in [0.29, 0.717) is 0 Å². The lowest BCUT2D eigenvalue weighted by molar-refractivity contribution is 0.387. The minimum absolute atomic E-state index is 0.333. The lowest BCUT2D eigenvalue weighted by Gasteiger charge is -2.04. The molecule has 0 radical (unpaired) electrons. The third-order valence-electron chi connectivity index (χ3n) is 1.44. The Bertz CT molecular complexity index is 491. The molecule has 0 bridgehead atoms. The highest BCUT2D eigenvalue weighted by atomic mass is 35.7. The first-order valence-corrected chi connectivity index (χ1v) is 7.24. The van der Waals surface area contributed by atoms with Gasteiger partial charge in [0.2, 0.25) is 0 Å². The van der Waals surface area contributed by atoms with Gasteiger partial charge in [-0.05, 0) is 18.2 Å². The molecule has 0 aromatic heterocycles. The molecule has 8 heteroatoms. The third-order valence-corrected chi connectivity index (χ3v) is 3.74. The second-order valence-corrected chi connectivity index (χ2v) is 6.65. The van der Waals surface area contributed by atoms with Crippen LogP contribution in [0.1, 0.15) is 0 Å². The molecule has 1 aromatic carbocycles. The van der Waals surface area contributed by atoms with Crippen molar-refractivity contribution in [1.29, 1.82) is 0 Å². The molecule has 1 aromatic rings. The Balaban J connectivity index is 3.36. The van der Waals surface area contributed by atoms with Crippen molar-refractivity contribution in [3.05, 3.63) is 24.3 Å². The molecule has 0 aliphatic carbocycles. The van der Waals surface area contributed by atoms with Gasteiger partial charge in [-0.2, -0.15) is 0 Å². The van der Waals surface area contributed by atoms with E-state index in [1.54, 1.807) is 0 Å². The zero-order valence-corrected chi connectivity index (χ0v) is 9.13. The van der Waals surface area contributed by atoms with Gasteiger partial charge in [-0.1, -0.05) is 6.07 Å². The summed E-state index contributed by atoms with van der Waals surface area (Å²) < 4.78 is 32.4. The van der Waals surface area contributed by atoms with Gasteiger partial charge in [0.1, 0.15) is 0 Å². The molecule has 78 valence electrons. The smallest absolute Gasteiger partial charge is 0.321 e. The maximum absolute atomic E-state index is 10.8. The predicted octanol–water partition coefficient (Wildman–Crippen LogP) is 0.417. The van der Waals surface area contributed by atoms with Crippen LogP contribution in [0, 0.1) is 0 Å². The number of rotatable bonds is 2. The van der Waals surface area contributed by atoms with Gasteiger partial charge >= 0.3 is 7.60 Å². The Morgan fingerprint density at radius 1 is 1.29 bits per heavy atom. The number of benzene rings is 1. The normalized spacial score (nSPS) is 12.8. The summed E-state index contributed by atoms with van der Waals surface area (Å²) in [6.45, 7) is 0. The summed E-state index contributed by atoms with van der Waals surface area (Å²) in [5.41, 5.74) is 0. The summed E-state index contributed by atoms with van der Waals surface area (Å²) in [5, 5.41) is -0.376. The zero-order chi connectivity index (χ0) is 11.0. The SMILES string of the molecule is O=P(O)(O)c1cccc(S(=O)(=O)Cl)c1. The molecule has 14 heavy (non-hydrogen) atoms. The zero-order valence-electron chi connectivity index (χ0n) is 6.66. The maximum atomic E-state index is 10.8. The number of hydrogen-bond acceptors (Lipinski definition) is 3. The molecule has 0 spiro atoms. The Morgan fingerprint density at radius 2 is 1.86 bits per heavy atom. The van der Waals surface area contributed by atoms with Crippen molar-refractivity contribution < 1.29 is 22.8 Å². The van der Waals surface area contributed by atoms with Crippen LogP contribution in [0.3, 0.4) is 0 Å². The molecule has 0 saturated heterocycles. The summed E-state index contributed by atoms with van der Waals surface area (Å²) in [7, 11) is -3.39. The predicted molar refractivity (Wildman–Crippen MR) is 51.2 cm³/mol. The van der Waals surface area contributed by atoms with E-state index in [4.69, 9.17) is 20.5 Å². The quantitative estimate of drug-likeness (QED) is 0.591. The van der Waals surface area contributed by atoms with E-state index in [0.717, 1.165) is 18.2 Å². The van der Waals surface area contributed by atoms with Crippen molar-refractivity contribution in [3.8, 4) is 0 Å². The van der Waals surface area contributed by atoms with Crippen LogP contribution in [-0.2, 0) is 13.6 Å². The molecule has 0 aliphatic rings. The summed E-state index contributed by atoms with van der Waals surface area (Å²) in [6.07, 6.45) is 0. The van der Waals surface area contributed by atoms with Crippen molar-refractivity contribution in [2.75, 3.05) is 0 Å². The molecule has 0 saturated carbocycles. The second kappa shape index (κ2) is 3.64. The largest absolute Gasteiger partial charge is 0.356 e. The first-order valence-electron chi connectivity index (χ1n) is 3.32. The highest BCUT2D eigenvalue weighted by Gasteiger charge is 2.19. The van der Waals surface area contributed by atoms with E-state index in [9.17, 15) is 13.0 Å². The van der Waals surface area contributed by atoms with Crippen LogP contribution < -0.4 is 5.30 Å². The van der Waals surface area contributed by atoms with Crippen LogP contribution >= 0.6 is 18.3 Å². The fourth-order valence-electron chi connectivity index (χ4n) is 0.816. The van der Waals surface area contributed by atoms with Gasteiger partial charge in [-0.15, -0.1) is 0 Å². The van der Waals surface area contributed by atoms with Crippen molar-refractivity contribution in [1.82, 2.24) is 0 Å². The van der Waals surface area contributed by atoms with Gasteiger partial charge in [-0.25, -0.2) is 8.42 Å². The molecule has 5 nitrogen and oxygen atoms in total.